The highest BCUT2D eigenvalue weighted by atomic mass is 16.7. The molecule has 7 nitrogen and oxygen atoms in total. The number of rotatable bonds is 4. The van der Waals surface area contributed by atoms with Crippen molar-refractivity contribution in [2.45, 2.75) is 0 Å². The summed E-state index contributed by atoms with van der Waals surface area (Å²) in [6.45, 7) is 0. The molecule has 0 saturated carbocycles. The third kappa shape index (κ3) is 4.92. The summed E-state index contributed by atoms with van der Waals surface area (Å²) in [6.07, 6.45) is 0. The monoisotopic (exact) mass is 118 g/mol. The van der Waals surface area contributed by atoms with Crippen LogP contribution in [0.2, 0.25) is 0 Å². The molecular formula is CH6N6O. The zero-order valence-corrected chi connectivity index (χ0v) is 4.25. The Kier molecular flexibility index (Phi) is 5.12. The van der Waals surface area contributed by atoms with Gasteiger partial charge in [0, 0.05) is 0 Å². The van der Waals surface area contributed by atoms with Crippen molar-refractivity contribution in [1.29, 1.82) is 5.53 Å². The van der Waals surface area contributed by atoms with Gasteiger partial charge in [0.25, 0.3) is 0 Å². The molecule has 8 heavy (non-hydrogen) atoms. The molecule has 0 atom stereocenters. The third-order valence-electron chi connectivity index (χ3n) is 0.287. The molecule has 3 N–H and O–H groups in total. The van der Waals surface area contributed by atoms with E-state index in [0.717, 1.165) is 0 Å². The highest BCUT2D eigenvalue weighted by Crippen LogP contribution is 1.65. The number of nitrogens with zero attached hydrogens (tertiary/aromatic N) is 3. The molecular weight excluding hydrogens is 112 g/mol. The molecule has 46 valence electrons. The molecule has 0 aliphatic rings. The van der Waals surface area contributed by atoms with Crippen molar-refractivity contribution in [2.24, 2.45) is 15.7 Å². The summed E-state index contributed by atoms with van der Waals surface area (Å²) in [5, 5.41) is 8.49. The molecule has 0 aromatic heterocycles. The van der Waals surface area contributed by atoms with Crippen LogP contribution in [0.25, 0.3) is 0 Å². The van der Waals surface area contributed by atoms with Crippen LogP contribution in [0.3, 0.4) is 0 Å². The van der Waals surface area contributed by atoms with Crippen molar-refractivity contribution in [1.82, 2.24) is 11.1 Å². The average molecular weight is 118 g/mol. The van der Waals surface area contributed by atoms with Crippen molar-refractivity contribution < 1.29 is 4.84 Å². The van der Waals surface area contributed by atoms with E-state index in [0.29, 0.717) is 0 Å². The number of nitrogens with one attached hydrogen (secondary N) is 3. The number of hydrogen-bond donors (Lipinski definition) is 3. The molecule has 0 rings (SSSR count). The summed E-state index contributed by atoms with van der Waals surface area (Å²) in [5.41, 5.74) is 10.3. The fourth-order valence-corrected chi connectivity index (χ4v) is 0.111. The second-order valence-corrected chi connectivity index (χ2v) is 0.707. The van der Waals surface area contributed by atoms with Crippen LogP contribution in [-0.4, -0.2) is 7.11 Å². The molecule has 0 spiro atoms. The van der Waals surface area contributed by atoms with Crippen LogP contribution in [0.15, 0.2) is 15.7 Å². The maximum absolute atomic E-state index is 6.09. The summed E-state index contributed by atoms with van der Waals surface area (Å²) in [7, 11) is 1.40. The van der Waals surface area contributed by atoms with E-state index in [1.165, 1.54) is 7.11 Å². The van der Waals surface area contributed by atoms with Gasteiger partial charge in [-0.1, -0.05) is 5.59 Å². The van der Waals surface area contributed by atoms with Crippen LogP contribution < -0.4 is 11.1 Å². The third-order valence-corrected chi connectivity index (χ3v) is 0.287. The van der Waals surface area contributed by atoms with Gasteiger partial charge >= 0.3 is 0 Å². The van der Waals surface area contributed by atoms with Gasteiger partial charge in [-0.3, -0.25) is 4.84 Å². The Hall–Kier alpha value is -1.08. The van der Waals surface area contributed by atoms with Gasteiger partial charge < -0.3 is 0 Å². The van der Waals surface area contributed by atoms with Gasteiger partial charge in [-0.25, -0.2) is 0 Å². The van der Waals surface area contributed by atoms with Crippen molar-refractivity contribution in [3.63, 3.8) is 0 Å². The minimum absolute atomic E-state index is 1.40. The second-order valence-electron chi connectivity index (χ2n) is 0.707. The molecule has 0 saturated heterocycles. The Labute approximate surface area is 45.5 Å². The molecule has 0 aromatic rings. The summed E-state index contributed by atoms with van der Waals surface area (Å²) in [4.78, 5) is 4.27. The fourth-order valence-electron chi connectivity index (χ4n) is 0.111. The lowest BCUT2D eigenvalue weighted by Crippen LogP contribution is -2.24. The first kappa shape index (κ1) is 6.92. The summed E-state index contributed by atoms with van der Waals surface area (Å²) < 4.78 is 0. The smallest absolute Gasteiger partial charge is 0.0594 e. The Bertz CT molecular complexity index is 78.6. The zero-order valence-electron chi connectivity index (χ0n) is 4.25. The largest absolute Gasteiger partial charge is 0.284 e. The van der Waals surface area contributed by atoms with E-state index < -0.39 is 0 Å². The topological polar surface area (TPSA) is 94.2 Å². The first-order chi connectivity index (χ1) is 3.91. The Morgan fingerprint density at radius 2 is 2.38 bits per heavy atom. The van der Waals surface area contributed by atoms with Gasteiger partial charge in [-0.2, -0.15) is 11.1 Å². The van der Waals surface area contributed by atoms with Crippen LogP contribution in [0.5, 0.6) is 0 Å². The van der Waals surface area contributed by atoms with Crippen LogP contribution >= 0.6 is 0 Å². The highest BCUT2D eigenvalue weighted by Gasteiger charge is 1.66. The number of hydrogen-bond acceptors (Lipinski definition) is 4. The molecule has 0 heterocycles. The highest BCUT2D eigenvalue weighted by molar-refractivity contribution is 3.99. The Balaban J connectivity index is 2.91. The van der Waals surface area contributed by atoms with Crippen molar-refractivity contribution in [3.05, 3.63) is 0 Å². The summed E-state index contributed by atoms with van der Waals surface area (Å²) in [5.74, 6) is 0. The maximum Gasteiger partial charge on any atom is 0.0594 e. The lowest BCUT2D eigenvalue weighted by Gasteiger charge is -1.92. The average Bonchev–Trinajstić information content (AvgIpc) is 1.81. The van der Waals surface area contributed by atoms with E-state index >= 15 is 0 Å². The van der Waals surface area contributed by atoms with E-state index in [9.17, 15) is 0 Å². The van der Waals surface area contributed by atoms with E-state index in [1.54, 1.807) is 0 Å². The lowest BCUT2D eigenvalue weighted by atomic mass is 11.7. The van der Waals surface area contributed by atoms with Crippen molar-refractivity contribution in [2.75, 3.05) is 7.11 Å². The second kappa shape index (κ2) is 5.92. The maximum atomic E-state index is 6.09. The zero-order chi connectivity index (χ0) is 6.24. The molecule has 0 fully saturated rings. The van der Waals surface area contributed by atoms with Crippen molar-refractivity contribution in [3.8, 4) is 0 Å². The first-order valence-corrected chi connectivity index (χ1v) is 1.71. The van der Waals surface area contributed by atoms with Gasteiger partial charge in [0.05, 0.1) is 7.11 Å². The minimum atomic E-state index is 1.40. The summed E-state index contributed by atoms with van der Waals surface area (Å²) in [6, 6.07) is 0. The molecule has 0 aliphatic heterocycles. The van der Waals surface area contributed by atoms with Gasteiger partial charge in [0.15, 0.2) is 0 Å². The van der Waals surface area contributed by atoms with Crippen LogP contribution in [0, 0.1) is 5.53 Å². The van der Waals surface area contributed by atoms with Gasteiger partial charge in [0.1, 0.15) is 0 Å². The molecule has 7 heteroatoms. The fraction of sp³-hybridized carbons (Fsp3) is 1.00. The molecule has 0 radical (unpaired) electrons. The lowest BCUT2D eigenvalue weighted by molar-refractivity contribution is 0.0539. The van der Waals surface area contributed by atoms with E-state index in [-0.39, 0.29) is 0 Å². The quantitative estimate of drug-likeness (QED) is 0.274. The Morgan fingerprint density at radius 3 is 2.88 bits per heavy atom. The molecule has 0 bridgehead atoms. The molecule has 0 aromatic carbocycles. The van der Waals surface area contributed by atoms with Crippen LogP contribution in [0.4, 0.5) is 0 Å². The van der Waals surface area contributed by atoms with Crippen molar-refractivity contribution >= 4 is 0 Å². The minimum Gasteiger partial charge on any atom is -0.284 e. The molecule has 0 aliphatic carbocycles. The SMILES string of the molecule is CONNN=NN=N. The van der Waals surface area contributed by atoms with Gasteiger partial charge in [-0.15, -0.1) is 0 Å². The van der Waals surface area contributed by atoms with Gasteiger partial charge in [-0.05, 0) is 15.7 Å². The van der Waals surface area contributed by atoms with Crippen LogP contribution in [0.1, 0.15) is 0 Å². The normalized spacial score (nSPS) is 9.62. The predicted octanol–water partition coefficient (Wildman–Crippen LogP) is -0.0448. The van der Waals surface area contributed by atoms with Crippen LogP contribution in [-0.2, 0) is 4.84 Å². The summed E-state index contributed by atoms with van der Waals surface area (Å²) >= 11 is 0. The first-order valence-electron chi connectivity index (χ1n) is 1.71. The number of hydrazine groups is 1. The van der Waals surface area contributed by atoms with E-state index in [2.05, 4.69) is 31.6 Å². The van der Waals surface area contributed by atoms with E-state index in [4.69, 9.17) is 5.53 Å². The van der Waals surface area contributed by atoms with E-state index in [1.807, 2.05) is 0 Å². The van der Waals surface area contributed by atoms with Gasteiger partial charge in [0.2, 0.25) is 0 Å². The molecule has 0 amide bonds. The predicted molar refractivity (Wildman–Crippen MR) is 23.3 cm³/mol. The standard InChI is InChI=1S/CH6N6O/c1-8-7-6-5-4-3-2/h1H3,(H2,2,4,6)(H,3,5,7). The Morgan fingerprint density at radius 1 is 1.62 bits per heavy atom. The molecule has 0 unspecified atom stereocenters.